The van der Waals surface area contributed by atoms with Gasteiger partial charge < -0.3 is 10.6 Å². The van der Waals surface area contributed by atoms with E-state index in [1.54, 1.807) is 0 Å². The first-order valence-corrected chi connectivity index (χ1v) is 3.57. The number of hydrogen-bond donors (Lipinski definition) is 2. The maximum absolute atomic E-state index is 6.98. The third kappa shape index (κ3) is 7.62. The first-order valence-electron chi connectivity index (χ1n) is 3.57. The number of hydrogen-bond acceptors (Lipinski definition) is 2. The Balaban J connectivity index is 0. The molecule has 0 spiro atoms. The first-order chi connectivity index (χ1) is 4.54. The highest BCUT2D eigenvalue weighted by molar-refractivity contribution is 5.85. The summed E-state index contributed by atoms with van der Waals surface area (Å²) in [4.78, 5) is 2.17. The lowest BCUT2D eigenvalue weighted by molar-refractivity contribution is 0.281. The number of nitrogens with zero attached hydrogens (tertiary/aromatic N) is 1. The second kappa shape index (κ2) is 6.43. The number of halogens is 1. The maximum Gasteiger partial charge on any atom is 0.0918 e. The molecule has 0 aromatic rings. The third-order valence-corrected chi connectivity index (χ3v) is 1.62. The molecule has 0 heterocycles. The van der Waals surface area contributed by atoms with Crippen LogP contribution in [0.3, 0.4) is 0 Å². The van der Waals surface area contributed by atoms with Crippen LogP contribution in [0.1, 0.15) is 20.3 Å². The second-order valence-corrected chi connectivity index (χ2v) is 2.85. The van der Waals surface area contributed by atoms with Crippen LogP contribution in [-0.4, -0.2) is 30.4 Å². The highest BCUT2D eigenvalue weighted by Crippen LogP contribution is 1.93. The van der Waals surface area contributed by atoms with Gasteiger partial charge in [0, 0.05) is 19.0 Å². The summed E-state index contributed by atoms with van der Waals surface area (Å²) in [7, 11) is 2.04. The molecule has 0 aliphatic heterocycles. The molecular formula is C7H18ClN3. The third-order valence-electron chi connectivity index (χ3n) is 1.62. The number of amidine groups is 1. The predicted octanol–water partition coefficient (Wildman–Crippen LogP) is 1.07. The van der Waals surface area contributed by atoms with Crippen molar-refractivity contribution in [1.29, 1.82) is 5.41 Å². The summed E-state index contributed by atoms with van der Waals surface area (Å²) in [5.74, 6) is 0.271. The Labute approximate surface area is 74.9 Å². The minimum absolute atomic E-state index is 0. The molecular weight excluding hydrogens is 162 g/mol. The van der Waals surface area contributed by atoms with Gasteiger partial charge in [-0.2, -0.15) is 0 Å². The summed E-state index contributed by atoms with van der Waals surface area (Å²) in [6, 6.07) is 0.541. The van der Waals surface area contributed by atoms with Crippen molar-refractivity contribution in [3.8, 4) is 0 Å². The van der Waals surface area contributed by atoms with Gasteiger partial charge in [0.15, 0.2) is 0 Å². The molecule has 0 aromatic carbocycles. The Morgan fingerprint density at radius 3 is 2.27 bits per heavy atom. The average Bonchev–Trinajstić information content (AvgIpc) is 1.82. The molecule has 0 amide bonds. The van der Waals surface area contributed by atoms with Crippen molar-refractivity contribution in [1.82, 2.24) is 4.90 Å². The van der Waals surface area contributed by atoms with Crippen molar-refractivity contribution in [2.24, 2.45) is 5.73 Å². The predicted molar refractivity (Wildman–Crippen MR) is 51.5 cm³/mol. The summed E-state index contributed by atoms with van der Waals surface area (Å²) in [6.45, 7) is 5.13. The summed E-state index contributed by atoms with van der Waals surface area (Å²) in [5.41, 5.74) is 5.20. The van der Waals surface area contributed by atoms with E-state index in [2.05, 4.69) is 18.7 Å². The minimum Gasteiger partial charge on any atom is -0.388 e. The van der Waals surface area contributed by atoms with Gasteiger partial charge in [0.25, 0.3) is 0 Å². The number of rotatable bonds is 4. The van der Waals surface area contributed by atoms with Gasteiger partial charge in [-0.05, 0) is 20.9 Å². The monoisotopic (exact) mass is 179 g/mol. The minimum atomic E-state index is 0. The van der Waals surface area contributed by atoms with Gasteiger partial charge in [-0.15, -0.1) is 12.4 Å². The molecule has 11 heavy (non-hydrogen) atoms. The van der Waals surface area contributed by atoms with Gasteiger partial charge in [0.1, 0.15) is 0 Å². The van der Waals surface area contributed by atoms with Gasteiger partial charge in [-0.1, -0.05) is 0 Å². The van der Waals surface area contributed by atoms with Crippen molar-refractivity contribution in [3.63, 3.8) is 0 Å². The van der Waals surface area contributed by atoms with Crippen LogP contribution in [0.5, 0.6) is 0 Å². The van der Waals surface area contributed by atoms with E-state index in [-0.39, 0.29) is 18.2 Å². The standard InChI is InChI=1S/C7H17N3.ClH/c1-6(2)10(3)5-4-7(8)9;/h6H,4-5H2,1-3H3,(H3,8,9);1H. The summed E-state index contributed by atoms with van der Waals surface area (Å²) in [5, 5.41) is 6.98. The lowest BCUT2D eigenvalue weighted by atomic mass is 10.3. The zero-order valence-electron chi connectivity index (χ0n) is 7.42. The summed E-state index contributed by atoms with van der Waals surface area (Å²) < 4.78 is 0. The van der Waals surface area contributed by atoms with E-state index in [0.29, 0.717) is 12.5 Å². The number of nitrogens with one attached hydrogen (secondary N) is 1. The van der Waals surface area contributed by atoms with Gasteiger partial charge in [-0.3, -0.25) is 5.41 Å². The topological polar surface area (TPSA) is 53.1 Å². The molecule has 0 fully saturated rings. The van der Waals surface area contributed by atoms with Crippen molar-refractivity contribution < 1.29 is 0 Å². The SMILES string of the molecule is CC(C)N(C)CCC(=N)N.Cl. The molecule has 4 heteroatoms. The average molecular weight is 180 g/mol. The van der Waals surface area contributed by atoms with Crippen LogP contribution in [0.15, 0.2) is 0 Å². The Kier molecular flexibility index (Phi) is 7.79. The van der Waals surface area contributed by atoms with E-state index >= 15 is 0 Å². The van der Waals surface area contributed by atoms with Crippen LogP contribution in [0.4, 0.5) is 0 Å². The van der Waals surface area contributed by atoms with E-state index in [0.717, 1.165) is 6.54 Å². The van der Waals surface area contributed by atoms with Crippen LogP contribution < -0.4 is 5.73 Å². The summed E-state index contributed by atoms with van der Waals surface area (Å²) in [6.07, 6.45) is 0.675. The Morgan fingerprint density at radius 2 is 2.00 bits per heavy atom. The van der Waals surface area contributed by atoms with E-state index < -0.39 is 0 Å². The molecule has 0 unspecified atom stereocenters. The maximum atomic E-state index is 6.98. The highest BCUT2D eigenvalue weighted by Gasteiger charge is 2.01. The van der Waals surface area contributed by atoms with Crippen molar-refractivity contribution in [3.05, 3.63) is 0 Å². The Morgan fingerprint density at radius 1 is 1.55 bits per heavy atom. The Bertz CT molecular complexity index is 114. The molecule has 0 aliphatic rings. The van der Waals surface area contributed by atoms with E-state index in [9.17, 15) is 0 Å². The molecule has 0 saturated heterocycles. The van der Waals surface area contributed by atoms with Gasteiger partial charge >= 0.3 is 0 Å². The fraction of sp³-hybridized carbons (Fsp3) is 0.857. The van der Waals surface area contributed by atoms with Crippen molar-refractivity contribution >= 4 is 18.2 Å². The second-order valence-electron chi connectivity index (χ2n) is 2.85. The van der Waals surface area contributed by atoms with E-state index in [1.165, 1.54) is 0 Å². The lowest BCUT2D eigenvalue weighted by Gasteiger charge is -2.19. The van der Waals surface area contributed by atoms with Crippen LogP contribution in [-0.2, 0) is 0 Å². The van der Waals surface area contributed by atoms with Crippen molar-refractivity contribution in [2.75, 3.05) is 13.6 Å². The van der Waals surface area contributed by atoms with Crippen LogP contribution in [0.25, 0.3) is 0 Å². The first kappa shape index (κ1) is 13.3. The molecule has 0 atom stereocenters. The van der Waals surface area contributed by atoms with Crippen molar-refractivity contribution in [2.45, 2.75) is 26.3 Å². The van der Waals surface area contributed by atoms with Crippen LogP contribution in [0, 0.1) is 5.41 Å². The fourth-order valence-electron chi connectivity index (χ4n) is 0.555. The molecule has 3 N–H and O–H groups in total. The van der Waals surface area contributed by atoms with Gasteiger partial charge in [0.05, 0.1) is 5.84 Å². The molecule has 0 aromatic heterocycles. The fourth-order valence-corrected chi connectivity index (χ4v) is 0.555. The molecule has 0 bridgehead atoms. The normalized spacial score (nSPS) is 9.91. The highest BCUT2D eigenvalue weighted by atomic mass is 35.5. The van der Waals surface area contributed by atoms with Crippen LogP contribution >= 0.6 is 12.4 Å². The lowest BCUT2D eigenvalue weighted by Crippen LogP contribution is -2.29. The molecule has 0 radical (unpaired) electrons. The number of nitrogens with two attached hydrogens (primary N) is 1. The van der Waals surface area contributed by atoms with E-state index in [4.69, 9.17) is 11.1 Å². The van der Waals surface area contributed by atoms with E-state index in [1.807, 2.05) is 7.05 Å². The zero-order valence-corrected chi connectivity index (χ0v) is 8.24. The van der Waals surface area contributed by atoms with Gasteiger partial charge in [0.2, 0.25) is 0 Å². The molecule has 0 saturated carbocycles. The quantitative estimate of drug-likeness (QED) is 0.501. The molecule has 0 aliphatic carbocycles. The molecule has 68 valence electrons. The molecule has 0 rings (SSSR count). The van der Waals surface area contributed by atoms with Crippen LogP contribution in [0.2, 0.25) is 0 Å². The molecule has 3 nitrogen and oxygen atoms in total. The Hall–Kier alpha value is -0.280. The largest absolute Gasteiger partial charge is 0.388 e. The smallest absolute Gasteiger partial charge is 0.0918 e. The summed E-state index contributed by atoms with van der Waals surface area (Å²) >= 11 is 0. The zero-order chi connectivity index (χ0) is 8.15. The van der Waals surface area contributed by atoms with Gasteiger partial charge in [-0.25, -0.2) is 0 Å².